The Morgan fingerprint density at radius 3 is 2.50 bits per heavy atom. The van der Waals surface area contributed by atoms with Crippen LogP contribution in [0.15, 0.2) is 42.7 Å². The Kier molecular flexibility index (Phi) is 3.04. The summed E-state index contributed by atoms with van der Waals surface area (Å²) in [5.41, 5.74) is 5.08. The van der Waals surface area contributed by atoms with E-state index in [2.05, 4.69) is 56.1 Å². The summed E-state index contributed by atoms with van der Waals surface area (Å²) in [4.78, 5) is 4.32. The van der Waals surface area contributed by atoms with E-state index in [1.165, 1.54) is 22.3 Å². The lowest BCUT2D eigenvalue weighted by atomic mass is 9.98. The van der Waals surface area contributed by atoms with Gasteiger partial charge in [0.05, 0.1) is 0 Å². The molecule has 0 aliphatic rings. The van der Waals surface area contributed by atoms with Crippen molar-refractivity contribution in [2.75, 3.05) is 0 Å². The standard InChI is InChI=1S/C15H17N/c1-11(2)13-8-14(10-16-9-13)15-7-5-4-6-12(15)3/h4-11H,1-3H3. The molecule has 0 N–H and O–H groups in total. The number of aryl methyl sites for hydroxylation is 1. The van der Waals surface area contributed by atoms with Crippen LogP contribution in [0.5, 0.6) is 0 Å². The third-order valence-corrected chi connectivity index (χ3v) is 2.88. The predicted molar refractivity (Wildman–Crippen MR) is 68.5 cm³/mol. The molecule has 0 aliphatic heterocycles. The highest BCUT2D eigenvalue weighted by atomic mass is 14.6. The molecule has 1 heteroatoms. The number of aromatic nitrogens is 1. The van der Waals surface area contributed by atoms with Crippen molar-refractivity contribution in [3.05, 3.63) is 53.9 Å². The Labute approximate surface area is 97.2 Å². The van der Waals surface area contributed by atoms with Gasteiger partial charge in [-0.05, 0) is 35.6 Å². The number of rotatable bonds is 2. The molecule has 0 bridgehead atoms. The van der Waals surface area contributed by atoms with Crippen molar-refractivity contribution < 1.29 is 0 Å². The smallest absolute Gasteiger partial charge is 0.0346 e. The molecule has 2 rings (SSSR count). The summed E-state index contributed by atoms with van der Waals surface area (Å²) in [7, 11) is 0. The predicted octanol–water partition coefficient (Wildman–Crippen LogP) is 4.18. The summed E-state index contributed by atoms with van der Waals surface area (Å²) in [6, 6.07) is 10.7. The van der Waals surface area contributed by atoms with E-state index in [4.69, 9.17) is 0 Å². The van der Waals surface area contributed by atoms with E-state index >= 15 is 0 Å². The molecule has 0 aliphatic carbocycles. The SMILES string of the molecule is Cc1ccccc1-c1cncc(C(C)C)c1. The van der Waals surface area contributed by atoms with Gasteiger partial charge in [0, 0.05) is 18.0 Å². The molecule has 0 atom stereocenters. The van der Waals surface area contributed by atoms with Gasteiger partial charge in [0.25, 0.3) is 0 Å². The Hall–Kier alpha value is -1.63. The molecule has 1 heterocycles. The molecule has 0 unspecified atom stereocenters. The summed E-state index contributed by atoms with van der Waals surface area (Å²) in [5.74, 6) is 0.525. The number of nitrogens with zero attached hydrogens (tertiary/aromatic N) is 1. The maximum absolute atomic E-state index is 4.32. The minimum atomic E-state index is 0.525. The van der Waals surface area contributed by atoms with Crippen LogP contribution in [0.1, 0.15) is 30.9 Å². The molecule has 82 valence electrons. The van der Waals surface area contributed by atoms with Gasteiger partial charge in [0.15, 0.2) is 0 Å². The van der Waals surface area contributed by atoms with E-state index in [1.807, 2.05) is 12.4 Å². The lowest BCUT2D eigenvalue weighted by molar-refractivity contribution is 0.859. The molecule has 0 saturated heterocycles. The van der Waals surface area contributed by atoms with Gasteiger partial charge in [0.2, 0.25) is 0 Å². The van der Waals surface area contributed by atoms with Crippen LogP contribution in [-0.2, 0) is 0 Å². The largest absolute Gasteiger partial charge is 0.264 e. The lowest BCUT2D eigenvalue weighted by Gasteiger charge is -2.09. The van der Waals surface area contributed by atoms with Gasteiger partial charge in [-0.15, -0.1) is 0 Å². The topological polar surface area (TPSA) is 12.9 Å². The highest BCUT2D eigenvalue weighted by Crippen LogP contribution is 2.25. The van der Waals surface area contributed by atoms with Crippen LogP contribution in [0.4, 0.5) is 0 Å². The Morgan fingerprint density at radius 1 is 1.06 bits per heavy atom. The van der Waals surface area contributed by atoms with Crippen LogP contribution in [0.3, 0.4) is 0 Å². The van der Waals surface area contributed by atoms with Crippen molar-refractivity contribution in [2.24, 2.45) is 0 Å². The second-order valence-corrected chi connectivity index (χ2v) is 4.48. The molecular weight excluding hydrogens is 194 g/mol. The van der Waals surface area contributed by atoms with Crippen LogP contribution >= 0.6 is 0 Å². The fourth-order valence-corrected chi connectivity index (χ4v) is 1.82. The molecule has 0 radical (unpaired) electrons. The molecule has 0 fully saturated rings. The third kappa shape index (κ3) is 2.13. The highest BCUT2D eigenvalue weighted by Gasteiger charge is 2.04. The van der Waals surface area contributed by atoms with E-state index in [-0.39, 0.29) is 0 Å². The minimum Gasteiger partial charge on any atom is -0.264 e. The Morgan fingerprint density at radius 2 is 1.81 bits per heavy atom. The van der Waals surface area contributed by atoms with E-state index in [1.54, 1.807) is 0 Å². The molecule has 1 aromatic carbocycles. The van der Waals surface area contributed by atoms with Gasteiger partial charge in [-0.3, -0.25) is 4.98 Å². The quantitative estimate of drug-likeness (QED) is 0.726. The lowest BCUT2D eigenvalue weighted by Crippen LogP contribution is -1.91. The van der Waals surface area contributed by atoms with E-state index < -0.39 is 0 Å². The first-order valence-corrected chi connectivity index (χ1v) is 5.69. The second kappa shape index (κ2) is 4.48. The van der Waals surface area contributed by atoms with Crippen molar-refractivity contribution in [1.29, 1.82) is 0 Å². The van der Waals surface area contributed by atoms with Crippen LogP contribution < -0.4 is 0 Å². The van der Waals surface area contributed by atoms with Gasteiger partial charge in [0.1, 0.15) is 0 Å². The van der Waals surface area contributed by atoms with E-state index in [0.29, 0.717) is 5.92 Å². The zero-order valence-corrected chi connectivity index (χ0v) is 10.1. The van der Waals surface area contributed by atoms with Gasteiger partial charge in [-0.25, -0.2) is 0 Å². The molecule has 1 aromatic heterocycles. The van der Waals surface area contributed by atoms with E-state index in [9.17, 15) is 0 Å². The van der Waals surface area contributed by atoms with Crippen LogP contribution in [0.2, 0.25) is 0 Å². The van der Waals surface area contributed by atoms with Crippen molar-refractivity contribution in [3.63, 3.8) is 0 Å². The first-order valence-electron chi connectivity index (χ1n) is 5.69. The van der Waals surface area contributed by atoms with Gasteiger partial charge < -0.3 is 0 Å². The van der Waals surface area contributed by atoms with Crippen molar-refractivity contribution >= 4 is 0 Å². The van der Waals surface area contributed by atoms with Crippen molar-refractivity contribution in [3.8, 4) is 11.1 Å². The zero-order chi connectivity index (χ0) is 11.5. The molecule has 0 amide bonds. The number of hydrogen-bond acceptors (Lipinski definition) is 1. The summed E-state index contributed by atoms with van der Waals surface area (Å²) in [6.45, 7) is 6.52. The van der Waals surface area contributed by atoms with Crippen LogP contribution in [0, 0.1) is 6.92 Å². The molecule has 1 nitrogen and oxygen atoms in total. The fourth-order valence-electron chi connectivity index (χ4n) is 1.82. The number of benzene rings is 1. The highest BCUT2D eigenvalue weighted by molar-refractivity contribution is 5.66. The molecular formula is C15H17N. The molecule has 0 spiro atoms. The fraction of sp³-hybridized carbons (Fsp3) is 0.267. The molecule has 2 aromatic rings. The third-order valence-electron chi connectivity index (χ3n) is 2.88. The number of hydrogen-bond donors (Lipinski definition) is 0. The Balaban J connectivity index is 2.49. The zero-order valence-electron chi connectivity index (χ0n) is 10.1. The second-order valence-electron chi connectivity index (χ2n) is 4.48. The Bertz CT molecular complexity index is 486. The summed E-state index contributed by atoms with van der Waals surface area (Å²) >= 11 is 0. The monoisotopic (exact) mass is 211 g/mol. The average Bonchev–Trinajstić information content (AvgIpc) is 2.30. The normalized spacial score (nSPS) is 10.8. The average molecular weight is 211 g/mol. The first kappa shape index (κ1) is 10.9. The summed E-state index contributed by atoms with van der Waals surface area (Å²) in [5, 5.41) is 0. The first-order chi connectivity index (χ1) is 7.68. The van der Waals surface area contributed by atoms with Gasteiger partial charge in [-0.1, -0.05) is 38.1 Å². The van der Waals surface area contributed by atoms with Crippen molar-refractivity contribution in [2.45, 2.75) is 26.7 Å². The maximum atomic E-state index is 4.32. The van der Waals surface area contributed by atoms with Gasteiger partial charge in [-0.2, -0.15) is 0 Å². The summed E-state index contributed by atoms with van der Waals surface area (Å²) in [6.07, 6.45) is 3.89. The maximum Gasteiger partial charge on any atom is 0.0346 e. The molecule has 0 saturated carbocycles. The van der Waals surface area contributed by atoms with Crippen molar-refractivity contribution in [1.82, 2.24) is 4.98 Å². The number of pyridine rings is 1. The van der Waals surface area contributed by atoms with Crippen LogP contribution in [-0.4, -0.2) is 4.98 Å². The van der Waals surface area contributed by atoms with E-state index in [0.717, 1.165) is 0 Å². The van der Waals surface area contributed by atoms with Crippen LogP contribution in [0.25, 0.3) is 11.1 Å². The summed E-state index contributed by atoms with van der Waals surface area (Å²) < 4.78 is 0. The molecule has 16 heavy (non-hydrogen) atoms. The minimum absolute atomic E-state index is 0.525. The van der Waals surface area contributed by atoms with Gasteiger partial charge >= 0.3 is 0 Å².